The van der Waals surface area contributed by atoms with Crippen LogP contribution in [0, 0.1) is 11.7 Å². The van der Waals surface area contributed by atoms with Crippen LogP contribution in [0.3, 0.4) is 0 Å². The minimum absolute atomic E-state index is 0.0358. The van der Waals surface area contributed by atoms with Crippen LogP contribution in [0.25, 0.3) is 16.9 Å². The highest BCUT2D eigenvalue weighted by Crippen LogP contribution is 2.26. The van der Waals surface area contributed by atoms with Crippen molar-refractivity contribution in [3.05, 3.63) is 65.6 Å². The van der Waals surface area contributed by atoms with Crippen LogP contribution in [-0.2, 0) is 9.59 Å². The van der Waals surface area contributed by atoms with Crippen LogP contribution in [0.5, 0.6) is 0 Å². The molecule has 0 aliphatic rings. The van der Waals surface area contributed by atoms with E-state index in [1.54, 1.807) is 28.7 Å². The normalized spacial score (nSPS) is 10.9. The van der Waals surface area contributed by atoms with E-state index in [-0.39, 0.29) is 35.2 Å². The van der Waals surface area contributed by atoms with Gasteiger partial charge >= 0.3 is 0 Å². The Kier molecular flexibility index (Phi) is 7.64. The number of imidazole rings is 1. The minimum Gasteiger partial charge on any atom is -0.333 e. The van der Waals surface area contributed by atoms with Gasteiger partial charge in [0.25, 0.3) is 0 Å². The Balaban J connectivity index is 1.93. The molecule has 0 fully saturated rings. The maximum atomic E-state index is 13.7. The average molecular weight is 457 g/mol. The molecule has 1 aromatic heterocycles. The Morgan fingerprint density at radius 3 is 2.53 bits per heavy atom. The number of hydrogen-bond donors (Lipinski definition) is 1. The molecule has 3 rings (SSSR count). The van der Waals surface area contributed by atoms with Gasteiger partial charge in [0.05, 0.1) is 22.9 Å². The second-order valence-electron chi connectivity index (χ2n) is 7.85. The summed E-state index contributed by atoms with van der Waals surface area (Å²) >= 11 is 5.97. The summed E-state index contributed by atoms with van der Waals surface area (Å²) in [4.78, 5) is 31.2. The van der Waals surface area contributed by atoms with Gasteiger partial charge in [0.2, 0.25) is 17.8 Å². The topological polar surface area (TPSA) is 67.2 Å². The highest BCUT2D eigenvalue weighted by Gasteiger charge is 2.20. The first-order chi connectivity index (χ1) is 15.3. The first kappa shape index (κ1) is 23.5. The molecule has 0 bridgehead atoms. The van der Waals surface area contributed by atoms with Crippen molar-refractivity contribution in [3.8, 4) is 16.9 Å². The van der Waals surface area contributed by atoms with E-state index in [9.17, 15) is 14.0 Å². The zero-order valence-corrected chi connectivity index (χ0v) is 19.1. The number of hydrogen-bond acceptors (Lipinski definition) is 3. The SMILES string of the molecule is CCC(=O)N(CC(=O)Nc1nc(-c2ccccc2)cn1-c1ccc(F)c(Cl)c1)CC(C)C. The smallest absolute Gasteiger partial charge is 0.246 e. The molecule has 0 radical (unpaired) electrons. The number of nitrogens with one attached hydrogen (secondary N) is 1. The highest BCUT2D eigenvalue weighted by molar-refractivity contribution is 6.30. The van der Waals surface area contributed by atoms with Crippen molar-refractivity contribution in [1.29, 1.82) is 0 Å². The third kappa shape index (κ3) is 5.73. The summed E-state index contributed by atoms with van der Waals surface area (Å²) < 4.78 is 15.3. The van der Waals surface area contributed by atoms with Crippen LogP contribution < -0.4 is 5.32 Å². The van der Waals surface area contributed by atoms with E-state index in [0.29, 0.717) is 24.3 Å². The molecular weight excluding hydrogens is 431 g/mol. The predicted molar refractivity (Wildman–Crippen MR) is 124 cm³/mol. The highest BCUT2D eigenvalue weighted by atomic mass is 35.5. The predicted octanol–water partition coefficient (Wildman–Crippen LogP) is 5.16. The Labute approximate surface area is 192 Å². The molecule has 0 saturated carbocycles. The third-order valence-corrected chi connectivity index (χ3v) is 5.07. The summed E-state index contributed by atoms with van der Waals surface area (Å²) in [5, 5.41) is 2.76. The van der Waals surface area contributed by atoms with Crippen LogP contribution >= 0.6 is 11.6 Å². The van der Waals surface area contributed by atoms with Crippen molar-refractivity contribution in [2.45, 2.75) is 27.2 Å². The van der Waals surface area contributed by atoms with Crippen molar-refractivity contribution in [2.24, 2.45) is 5.92 Å². The van der Waals surface area contributed by atoms with E-state index in [0.717, 1.165) is 5.56 Å². The van der Waals surface area contributed by atoms with E-state index in [4.69, 9.17) is 11.6 Å². The molecule has 0 aliphatic heterocycles. The maximum absolute atomic E-state index is 13.7. The fourth-order valence-corrected chi connectivity index (χ4v) is 3.48. The maximum Gasteiger partial charge on any atom is 0.246 e. The van der Waals surface area contributed by atoms with E-state index < -0.39 is 5.82 Å². The number of carbonyl (C=O) groups excluding carboxylic acids is 2. The van der Waals surface area contributed by atoms with Gasteiger partial charge < -0.3 is 4.90 Å². The third-order valence-electron chi connectivity index (χ3n) is 4.78. The molecule has 3 aromatic rings. The molecule has 8 heteroatoms. The fourth-order valence-electron chi connectivity index (χ4n) is 3.30. The monoisotopic (exact) mass is 456 g/mol. The summed E-state index contributed by atoms with van der Waals surface area (Å²) in [6, 6.07) is 13.8. The van der Waals surface area contributed by atoms with Crippen molar-refractivity contribution >= 4 is 29.4 Å². The van der Waals surface area contributed by atoms with E-state index in [1.165, 1.54) is 12.1 Å². The van der Waals surface area contributed by atoms with Gasteiger partial charge in [-0.15, -0.1) is 0 Å². The van der Waals surface area contributed by atoms with E-state index >= 15 is 0 Å². The lowest BCUT2D eigenvalue weighted by Gasteiger charge is -2.23. The Bertz CT molecular complexity index is 1100. The number of rotatable bonds is 8. The Morgan fingerprint density at radius 1 is 1.19 bits per heavy atom. The molecule has 2 aromatic carbocycles. The summed E-state index contributed by atoms with van der Waals surface area (Å²) in [6.45, 7) is 6.15. The van der Waals surface area contributed by atoms with Gasteiger partial charge in [0, 0.05) is 24.7 Å². The van der Waals surface area contributed by atoms with Gasteiger partial charge in [-0.3, -0.25) is 19.5 Å². The number of halogens is 2. The van der Waals surface area contributed by atoms with E-state index in [2.05, 4.69) is 10.3 Å². The van der Waals surface area contributed by atoms with Gasteiger partial charge in [-0.25, -0.2) is 9.37 Å². The first-order valence-corrected chi connectivity index (χ1v) is 10.8. The Hall–Kier alpha value is -3.19. The molecule has 0 unspecified atom stereocenters. The van der Waals surface area contributed by atoms with Crippen molar-refractivity contribution in [3.63, 3.8) is 0 Å². The largest absolute Gasteiger partial charge is 0.333 e. The number of benzene rings is 2. The second-order valence-corrected chi connectivity index (χ2v) is 8.26. The van der Waals surface area contributed by atoms with Crippen LogP contribution in [0.2, 0.25) is 5.02 Å². The molecule has 168 valence electrons. The van der Waals surface area contributed by atoms with Gasteiger partial charge in [-0.2, -0.15) is 0 Å². The van der Waals surface area contributed by atoms with Gasteiger partial charge in [-0.05, 0) is 24.1 Å². The molecule has 32 heavy (non-hydrogen) atoms. The standard InChI is InChI=1S/C24H26ClFN4O2/c1-4-23(32)29(13-16(2)3)15-22(31)28-24-27-21(17-8-6-5-7-9-17)14-30(24)18-10-11-20(26)19(25)12-18/h5-12,14,16H,4,13,15H2,1-3H3,(H,27,28,31). The lowest BCUT2D eigenvalue weighted by atomic mass is 10.2. The lowest BCUT2D eigenvalue weighted by molar-refractivity contribution is -0.134. The van der Waals surface area contributed by atoms with Crippen molar-refractivity contribution < 1.29 is 14.0 Å². The molecule has 0 saturated heterocycles. The minimum atomic E-state index is -0.535. The number of amides is 2. The first-order valence-electron chi connectivity index (χ1n) is 10.5. The van der Waals surface area contributed by atoms with Crippen molar-refractivity contribution in [2.75, 3.05) is 18.4 Å². The molecule has 1 N–H and O–H groups in total. The summed E-state index contributed by atoms with van der Waals surface area (Å²) in [5.41, 5.74) is 2.03. The van der Waals surface area contributed by atoms with Crippen LogP contribution in [0.1, 0.15) is 27.2 Å². The number of aromatic nitrogens is 2. The number of anilines is 1. The quantitative estimate of drug-likeness (QED) is 0.508. The van der Waals surface area contributed by atoms with Crippen LogP contribution in [0.4, 0.5) is 10.3 Å². The van der Waals surface area contributed by atoms with Crippen molar-refractivity contribution in [1.82, 2.24) is 14.5 Å². The lowest BCUT2D eigenvalue weighted by Crippen LogP contribution is -2.40. The van der Waals surface area contributed by atoms with Crippen LogP contribution in [-0.4, -0.2) is 39.4 Å². The average Bonchev–Trinajstić information content (AvgIpc) is 3.18. The fraction of sp³-hybridized carbons (Fsp3) is 0.292. The molecule has 0 spiro atoms. The van der Waals surface area contributed by atoms with Crippen LogP contribution in [0.15, 0.2) is 54.7 Å². The van der Waals surface area contributed by atoms with Gasteiger partial charge in [-0.1, -0.05) is 62.7 Å². The zero-order valence-electron chi connectivity index (χ0n) is 18.3. The zero-order chi connectivity index (χ0) is 23.3. The second kappa shape index (κ2) is 10.4. The molecular formula is C24H26ClFN4O2. The molecule has 0 aliphatic carbocycles. The summed E-state index contributed by atoms with van der Waals surface area (Å²) in [7, 11) is 0. The molecule has 0 atom stereocenters. The van der Waals surface area contributed by atoms with E-state index in [1.807, 2.05) is 44.2 Å². The summed E-state index contributed by atoms with van der Waals surface area (Å²) in [5.74, 6) is -0.511. The molecule has 6 nitrogen and oxygen atoms in total. The number of carbonyl (C=O) groups is 2. The van der Waals surface area contributed by atoms with Gasteiger partial charge in [0.1, 0.15) is 5.82 Å². The summed E-state index contributed by atoms with van der Waals surface area (Å²) in [6.07, 6.45) is 2.07. The molecule has 1 heterocycles. The Morgan fingerprint density at radius 2 is 1.91 bits per heavy atom. The number of nitrogens with zero attached hydrogens (tertiary/aromatic N) is 3. The van der Waals surface area contributed by atoms with Gasteiger partial charge in [0.15, 0.2) is 0 Å². The molecule has 2 amide bonds.